The van der Waals surface area contributed by atoms with E-state index in [0.717, 1.165) is 11.1 Å². The van der Waals surface area contributed by atoms with Crippen molar-refractivity contribution in [3.63, 3.8) is 0 Å². The van der Waals surface area contributed by atoms with E-state index in [0.29, 0.717) is 40.9 Å². The third-order valence-corrected chi connectivity index (χ3v) is 11.3. The number of sulfone groups is 1. The fraction of sp³-hybridized carbons (Fsp3) is 0.464. The Balaban J connectivity index is 1.69. The van der Waals surface area contributed by atoms with Gasteiger partial charge in [0.05, 0.1) is 26.1 Å². The number of benzene rings is 2. The fourth-order valence-electron chi connectivity index (χ4n) is 4.98. The molecular weight excluding hydrogens is 553 g/mol. The number of halogens is 3. The molecule has 2 unspecified atom stereocenters. The number of carbonyl (C=O) groups excluding carboxylic acids is 1. The third-order valence-electron chi connectivity index (χ3n) is 7.21. The third kappa shape index (κ3) is 5.89. The molecule has 1 amide bonds. The van der Waals surface area contributed by atoms with Crippen molar-refractivity contribution >= 4 is 50.5 Å². The molecule has 1 aliphatic heterocycles. The zero-order valence-electron chi connectivity index (χ0n) is 21.2. The van der Waals surface area contributed by atoms with E-state index in [-0.39, 0.29) is 17.1 Å². The lowest BCUT2D eigenvalue weighted by Gasteiger charge is -2.45. The summed E-state index contributed by atoms with van der Waals surface area (Å²) in [5.74, 6) is -0.126. The maximum atomic E-state index is 13.7. The smallest absolute Gasteiger partial charge is 0.252 e. The van der Waals surface area contributed by atoms with Gasteiger partial charge in [0.15, 0.2) is 9.84 Å². The molecule has 1 saturated heterocycles. The van der Waals surface area contributed by atoms with Crippen LogP contribution < -0.4 is 0 Å². The molecule has 5 nitrogen and oxygen atoms in total. The molecule has 4 rings (SSSR count). The first kappa shape index (κ1) is 28.4. The predicted molar refractivity (Wildman–Crippen MR) is 150 cm³/mol. The Morgan fingerprint density at radius 3 is 2.30 bits per heavy atom. The number of amides is 1. The van der Waals surface area contributed by atoms with Crippen LogP contribution in [0.5, 0.6) is 0 Å². The van der Waals surface area contributed by atoms with E-state index in [1.807, 2.05) is 23.1 Å². The van der Waals surface area contributed by atoms with Crippen molar-refractivity contribution in [2.75, 3.05) is 6.54 Å². The molecule has 2 aromatic rings. The topological polar surface area (TPSA) is 63.7 Å². The van der Waals surface area contributed by atoms with Crippen LogP contribution in [0.2, 0.25) is 15.1 Å². The van der Waals surface area contributed by atoms with Crippen molar-refractivity contribution in [2.24, 2.45) is 5.92 Å². The van der Waals surface area contributed by atoms with Crippen LogP contribution in [0.1, 0.15) is 63.3 Å². The van der Waals surface area contributed by atoms with Gasteiger partial charge >= 0.3 is 0 Å². The first-order chi connectivity index (χ1) is 17.3. The molecule has 37 heavy (non-hydrogen) atoms. The molecule has 2 fully saturated rings. The minimum absolute atomic E-state index is 0.0204. The van der Waals surface area contributed by atoms with Crippen molar-refractivity contribution in [1.29, 1.82) is 0 Å². The zero-order valence-corrected chi connectivity index (χ0v) is 24.2. The highest BCUT2D eigenvalue weighted by Gasteiger charge is 2.52. The van der Waals surface area contributed by atoms with E-state index in [2.05, 4.69) is 6.58 Å². The summed E-state index contributed by atoms with van der Waals surface area (Å²) in [6, 6.07) is 12.2. The first-order valence-electron chi connectivity index (χ1n) is 12.4. The quantitative estimate of drug-likeness (QED) is 0.307. The minimum atomic E-state index is -3.25. The lowest BCUT2D eigenvalue weighted by molar-refractivity contribution is -0.174. The number of carbonyl (C=O) groups is 1. The molecule has 1 aliphatic carbocycles. The summed E-state index contributed by atoms with van der Waals surface area (Å²) in [6.07, 6.45) is 1.99. The van der Waals surface area contributed by atoms with E-state index in [1.54, 1.807) is 51.1 Å². The number of hydrogen-bond donors (Lipinski definition) is 0. The van der Waals surface area contributed by atoms with Crippen molar-refractivity contribution in [3.05, 3.63) is 81.3 Å². The van der Waals surface area contributed by atoms with Gasteiger partial charge in [0.25, 0.3) is 5.91 Å². The van der Waals surface area contributed by atoms with Crippen molar-refractivity contribution in [2.45, 2.75) is 68.3 Å². The Labute approximate surface area is 234 Å². The summed E-state index contributed by atoms with van der Waals surface area (Å²) in [4.78, 5) is 15.5. The van der Waals surface area contributed by atoms with Crippen LogP contribution in [-0.4, -0.2) is 41.9 Å². The highest BCUT2D eigenvalue weighted by atomic mass is 35.5. The minimum Gasteiger partial charge on any atom is -0.358 e. The zero-order chi connectivity index (χ0) is 27.1. The average Bonchev–Trinajstić information content (AvgIpc) is 3.62. The van der Waals surface area contributed by atoms with Gasteiger partial charge < -0.3 is 9.64 Å². The molecule has 5 atom stereocenters. The van der Waals surface area contributed by atoms with Crippen LogP contribution >= 0.6 is 34.8 Å². The largest absolute Gasteiger partial charge is 0.358 e. The monoisotopic (exact) mass is 583 g/mol. The molecule has 0 spiro atoms. The summed E-state index contributed by atoms with van der Waals surface area (Å²) in [5, 5.41) is 1.05. The summed E-state index contributed by atoms with van der Waals surface area (Å²) in [7, 11) is -3.25. The van der Waals surface area contributed by atoms with E-state index in [1.165, 1.54) is 0 Å². The number of hydrogen-bond acceptors (Lipinski definition) is 4. The summed E-state index contributed by atoms with van der Waals surface area (Å²) >= 11 is 18.7. The summed E-state index contributed by atoms with van der Waals surface area (Å²) < 4.78 is 31.5. The van der Waals surface area contributed by atoms with Crippen molar-refractivity contribution in [3.8, 4) is 0 Å². The van der Waals surface area contributed by atoms with Gasteiger partial charge in [-0.2, -0.15) is 0 Å². The highest BCUT2D eigenvalue weighted by molar-refractivity contribution is 7.93. The Kier molecular flexibility index (Phi) is 8.37. The molecule has 1 heterocycles. The lowest BCUT2D eigenvalue weighted by Crippen LogP contribution is -2.51. The Morgan fingerprint density at radius 1 is 1.05 bits per heavy atom. The lowest BCUT2D eigenvalue weighted by atomic mass is 9.91. The normalized spacial score (nSPS) is 26.3. The van der Waals surface area contributed by atoms with Gasteiger partial charge in [0.1, 0.15) is 12.2 Å². The second kappa shape index (κ2) is 10.9. The number of morpholine rings is 1. The molecule has 0 N–H and O–H groups in total. The van der Waals surface area contributed by atoms with Crippen LogP contribution in [0.3, 0.4) is 0 Å². The van der Waals surface area contributed by atoms with Gasteiger partial charge in [-0.3, -0.25) is 4.79 Å². The van der Waals surface area contributed by atoms with Gasteiger partial charge in [-0.1, -0.05) is 59.1 Å². The molecule has 1 saturated carbocycles. The van der Waals surface area contributed by atoms with Crippen molar-refractivity contribution in [1.82, 2.24) is 4.90 Å². The molecule has 2 aromatic carbocycles. The standard InChI is InChI=1S/C28H32Cl3NO4S/c1-5-6-23-27(33)32(14-13-18-16-24(18)37(34,35)28(2,3)4)25(17-7-10-20(29)11-8-17)26(36-23)19-9-12-21(30)22(31)15-19/h5,7-12,15,18,23-26H,1,6,13-14,16H2,2-4H3/t18?,23-,24?,25-,26-/m1/s1. The van der Waals surface area contributed by atoms with E-state index in [9.17, 15) is 13.2 Å². The van der Waals surface area contributed by atoms with Gasteiger partial charge in [-0.25, -0.2) is 8.42 Å². The van der Waals surface area contributed by atoms with E-state index in [4.69, 9.17) is 39.5 Å². The van der Waals surface area contributed by atoms with Crippen LogP contribution in [0.25, 0.3) is 0 Å². The second-order valence-corrected chi connectivity index (χ2v) is 14.9. The van der Waals surface area contributed by atoms with Gasteiger partial charge in [-0.05, 0) is 74.9 Å². The first-order valence-corrected chi connectivity index (χ1v) is 15.0. The maximum absolute atomic E-state index is 13.7. The highest BCUT2D eigenvalue weighted by Crippen LogP contribution is 2.47. The summed E-state index contributed by atoms with van der Waals surface area (Å²) in [5.41, 5.74) is 1.65. The molecule has 9 heteroatoms. The molecule has 2 aliphatic rings. The molecule has 0 radical (unpaired) electrons. The Morgan fingerprint density at radius 2 is 1.70 bits per heavy atom. The SMILES string of the molecule is C=CC[C@H]1O[C@H](c2ccc(Cl)c(Cl)c2)[C@@H](c2ccc(Cl)cc2)N(CCC2CC2S(=O)(=O)C(C)(C)C)C1=O. The van der Waals surface area contributed by atoms with Crippen LogP contribution in [0.15, 0.2) is 55.1 Å². The van der Waals surface area contributed by atoms with Crippen LogP contribution in [0.4, 0.5) is 0 Å². The molecule has 200 valence electrons. The fourth-order valence-corrected chi connectivity index (χ4v) is 7.46. The van der Waals surface area contributed by atoms with Gasteiger partial charge in [0, 0.05) is 18.0 Å². The van der Waals surface area contributed by atoms with E-state index >= 15 is 0 Å². The van der Waals surface area contributed by atoms with E-state index < -0.39 is 32.8 Å². The number of ether oxygens (including phenoxy) is 1. The summed E-state index contributed by atoms with van der Waals surface area (Å²) in [6.45, 7) is 9.42. The maximum Gasteiger partial charge on any atom is 0.252 e. The number of nitrogens with zero attached hydrogens (tertiary/aromatic N) is 1. The van der Waals surface area contributed by atoms with Gasteiger partial charge in [-0.15, -0.1) is 6.58 Å². The molecule has 0 aromatic heterocycles. The van der Waals surface area contributed by atoms with Gasteiger partial charge in [0.2, 0.25) is 0 Å². The van der Waals surface area contributed by atoms with Crippen LogP contribution in [0, 0.1) is 5.92 Å². The van der Waals surface area contributed by atoms with Crippen molar-refractivity contribution < 1.29 is 17.9 Å². The Hall–Kier alpha value is -1.57. The average molecular weight is 585 g/mol. The van der Waals surface area contributed by atoms with Crippen LogP contribution in [-0.2, 0) is 19.4 Å². The predicted octanol–water partition coefficient (Wildman–Crippen LogP) is 7.22. The molecule has 0 bridgehead atoms. The second-order valence-electron chi connectivity index (χ2n) is 10.8. The molecular formula is C28H32Cl3NO4S. The number of rotatable bonds is 8. The Bertz CT molecular complexity index is 1270.